The van der Waals surface area contributed by atoms with E-state index in [-0.39, 0.29) is 5.69 Å². The van der Waals surface area contributed by atoms with Crippen molar-refractivity contribution in [1.29, 1.82) is 0 Å². The van der Waals surface area contributed by atoms with E-state index in [0.29, 0.717) is 0 Å². The summed E-state index contributed by atoms with van der Waals surface area (Å²) in [5.74, 6) is -3.77. The highest BCUT2D eigenvalue weighted by atomic mass is 19.1. The Kier molecular flexibility index (Phi) is 6.00. The molecule has 0 aliphatic carbocycles. The summed E-state index contributed by atoms with van der Waals surface area (Å²) in [6, 6.07) is 30.2. The van der Waals surface area contributed by atoms with Crippen molar-refractivity contribution < 1.29 is 23.5 Å². The van der Waals surface area contributed by atoms with Gasteiger partial charge in [0.25, 0.3) is 0 Å². The Bertz CT molecular complexity index is 1630. The summed E-state index contributed by atoms with van der Waals surface area (Å²) in [6.45, 7) is 0. The fourth-order valence-corrected chi connectivity index (χ4v) is 6.44. The van der Waals surface area contributed by atoms with Crippen molar-refractivity contribution in [1.82, 2.24) is 4.90 Å². The maximum Gasteiger partial charge on any atom is 0.330 e. The SMILES string of the molecule is O=C(OC(c1ccccc1)c1ccccc1)[C@@H]1[C@H]2C(=O)N(c3ccc(F)cc3)C(=O)[C@@H]2[C@H]2c3ccccc3C=CN12. The Morgan fingerprint density at radius 1 is 0.732 bits per heavy atom. The van der Waals surface area contributed by atoms with E-state index < -0.39 is 53.6 Å². The molecule has 6 nitrogen and oxygen atoms in total. The first-order valence-electron chi connectivity index (χ1n) is 13.5. The summed E-state index contributed by atoms with van der Waals surface area (Å²) in [5, 5.41) is 0. The lowest BCUT2D eigenvalue weighted by atomic mass is 9.84. The Balaban J connectivity index is 1.31. The molecule has 202 valence electrons. The number of nitrogens with zero attached hydrogens (tertiary/aromatic N) is 2. The van der Waals surface area contributed by atoms with Crippen LogP contribution in [0.3, 0.4) is 0 Å². The smallest absolute Gasteiger partial charge is 0.330 e. The first-order chi connectivity index (χ1) is 20.0. The van der Waals surface area contributed by atoms with Crippen LogP contribution in [0, 0.1) is 17.7 Å². The van der Waals surface area contributed by atoms with Crippen LogP contribution >= 0.6 is 0 Å². The van der Waals surface area contributed by atoms with Crippen molar-refractivity contribution in [2.24, 2.45) is 11.8 Å². The van der Waals surface area contributed by atoms with E-state index >= 15 is 0 Å². The summed E-state index contributed by atoms with van der Waals surface area (Å²) in [7, 11) is 0. The van der Waals surface area contributed by atoms with E-state index in [2.05, 4.69) is 0 Å². The number of carbonyl (C=O) groups excluding carboxylic acids is 3. The molecule has 3 aliphatic heterocycles. The second-order valence-corrected chi connectivity index (χ2v) is 10.5. The minimum Gasteiger partial charge on any atom is -0.451 e. The van der Waals surface area contributed by atoms with Gasteiger partial charge in [0.05, 0.1) is 23.6 Å². The maximum absolute atomic E-state index is 14.2. The normalized spacial score (nSPS) is 22.5. The van der Waals surface area contributed by atoms with Crippen LogP contribution in [-0.2, 0) is 19.1 Å². The van der Waals surface area contributed by atoms with Crippen LogP contribution in [0.4, 0.5) is 10.1 Å². The first kappa shape index (κ1) is 25.0. The number of rotatable bonds is 5. The van der Waals surface area contributed by atoms with Crippen molar-refractivity contribution in [2.45, 2.75) is 18.2 Å². The zero-order valence-electron chi connectivity index (χ0n) is 21.8. The van der Waals surface area contributed by atoms with Crippen LogP contribution in [0.1, 0.15) is 34.4 Å². The third-order valence-electron chi connectivity index (χ3n) is 8.23. The number of carbonyl (C=O) groups is 3. The van der Waals surface area contributed by atoms with Crippen molar-refractivity contribution in [2.75, 3.05) is 4.90 Å². The molecule has 0 radical (unpaired) electrons. The van der Waals surface area contributed by atoms with Crippen molar-refractivity contribution in [3.63, 3.8) is 0 Å². The summed E-state index contributed by atoms with van der Waals surface area (Å²) >= 11 is 0. The fraction of sp³-hybridized carbons (Fsp3) is 0.147. The number of hydrogen-bond donors (Lipinski definition) is 0. The quantitative estimate of drug-likeness (QED) is 0.239. The van der Waals surface area contributed by atoms with Gasteiger partial charge in [-0.15, -0.1) is 0 Å². The van der Waals surface area contributed by atoms with Gasteiger partial charge in [-0.05, 0) is 52.6 Å². The monoisotopic (exact) mass is 544 g/mol. The predicted octanol–water partition coefficient (Wildman–Crippen LogP) is 5.67. The van der Waals surface area contributed by atoms with E-state index in [1.165, 1.54) is 24.3 Å². The molecule has 3 aliphatic rings. The molecule has 2 amide bonds. The molecule has 3 heterocycles. The Morgan fingerprint density at radius 2 is 1.32 bits per heavy atom. The van der Waals surface area contributed by atoms with E-state index in [4.69, 9.17) is 4.74 Å². The molecule has 0 N–H and O–H groups in total. The third kappa shape index (κ3) is 4.04. The third-order valence-corrected chi connectivity index (χ3v) is 8.23. The molecule has 4 aromatic carbocycles. The highest BCUT2D eigenvalue weighted by molar-refractivity contribution is 6.23. The summed E-state index contributed by atoms with van der Waals surface area (Å²) < 4.78 is 19.9. The second-order valence-electron chi connectivity index (χ2n) is 10.5. The standard InChI is InChI=1S/C34H25FN2O4/c35-24-15-17-25(18-16-24)37-32(38)27-28(33(37)39)30(36-20-19-21-9-7-8-14-26(21)29(27)36)34(40)41-31(22-10-3-1-4-11-22)23-12-5-2-6-13-23/h1-20,27-31H/t27-,28-,29+,30-/m0/s1. The second kappa shape index (κ2) is 9.86. The lowest BCUT2D eigenvalue weighted by molar-refractivity contribution is -0.155. The van der Waals surface area contributed by atoms with Crippen molar-refractivity contribution in [3.8, 4) is 0 Å². The van der Waals surface area contributed by atoms with Gasteiger partial charge in [0.1, 0.15) is 11.9 Å². The molecule has 0 aromatic heterocycles. The predicted molar refractivity (Wildman–Crippen MR) is 151 cm³/mol. The minimum atomic E-state index is -1.04. The number of halogens is 1. The maximum atomic E-state index is 14.2. The van der Waals surface area contributed by atoms with E-state index in [1.807, 2.05) is 95.9 Å². The Morgan fingerprint density at radius 3 is 1.98 bits per heavy atom. The molecule has 4 atom stereocenters. The van der Waals surface area contributed by atoms with Gasteiger partial charge in [0, 0.05) is 6.20 Å². The highest BCUT2D eigenvalue weighted by Crippen LogP contribution is 2.53. The van der Waals surface area contributed by atoms with Gasteiger partial charge in [0.15, 0.2) is 6.10 Å². The number of amides is 2. The molecule has 0 spiro atoms. The first-order valence-corrected chi connectivity index (χ1v) is 13.5. The molecule has 7 rings (SSSR count). The van der Waals surface area contributed by atoms with Gasteiger partial charge < -0.3 is 9.64 Å². The van der Waals surface area contributed by atoms with Crippen LogP contribution in [0.25, 0.3) is 6.08 Å². The van der Waals surface area contributed by atoms with Gasteiger partial charge in [-0.25, -0.2) is 14.1 Å². The molecule has 0 unspecified atom stereocenters. The Hall–Kier alpha value is -5.04. The molecule has 2 fully saturated rings. The lowest BCUT2D eigenvalue weighted by Gasteiger charge is -2.35. The zero-order valence-corrected chi connectivity index (χ0v) is 21.8. The van der Waals surface area contributed by atoms with Crippen molar-refractivity contribution >= 4 is 29.5 Å². The fourth-order valence-electron chi connectivity index (χ4n) is 6.44. The van der Waals surface area contributed by atoms with Gasteiger partial charge in [0.2, 0.25) is 11.8 Å². The number of ether oxygens (including phenoxy) is 1. The highest BCUT2D eigenvalue weighted by Gasteiger charge is 2.65. The van der Waals surface area contributed by atoms with Gasteiger partial charge in [-0.1, -0.05) is 84.9 Å². The number of hydrogen-bond acceptors (Lipinski definition) is 5. The van der Waals surface area contributed by atoms with Crippen LogP contribution in [0.15, 0.2) is 115 Å². The number of esters is 1. The van der Waals surface area contributed by atoms with Crippen LogP contribution in [-0.4, -0.2) is 28.7 Å². The molecule has 41 heavy (non-hydrogen) atoms. The minimum absolute atomic E-state index is 0.278. The average molecular weight is 545 g/mol. The number of anilines is 1. The molecular weight excluding hydrogens is 519 g/mol. The van der Waals surface area contributed by atoms with Crippen molar-refractivity contribution in [3.05, 3.63) is 143 Å². The summed E-state index contributed by atoms with van der Waals surface area (Å²) in [6.07, 6.45) is 2.98. The van der Waals surface area contributed by atoms with E-state index in [0.717, 1.165) is 27.2 Å². The van der Waals surface area contributed by atoms with Gasteiger partial charge in [-0.3, -0.25) is 9.59 Å². The number of imide groups is 1. The molecule has 7 heteroatoms. The lowest BCUT2D eigenvalue weighted by Crippen LogP contribution is -2.45. The summed E-state index contributed by atoms with van der Waals surface area (Å²) in [5.41, 5.74) is 3.65. The zero-order chi connectivity index (χ0) is 28.1. The number of benzene rings is 4. The van der Waals surface area contributed by atoms with Crippen LogP contribution in [0.2, 0.25) is 0 Å². The molecular formula is C34H25FN2O4. The molecule has 0 saturated carbocycles. The van der Waals surface area contributed by atoms with E-state index in [9.17, 15) is 18.8 Å². The van der Waals surface area contributed by atoms with Crippen LogP contribution in [0.5, 0.6) is 0 Å². The topological polar surface area (TPSA) is 66.9 Å². The van der Waals surface area contributed by atoms with Crippen LogP contribution < -0.4 is 4.90 Å². The van der Waals surface area contributed by atoms with Gasteiger partial charge >= 0.3 is 5.97 Å². The Labute approximate surface area is 236 Å². The molecule has 2 saturated heterocycles. The molecule has 4 aromatic rings. The largest absolute Gasteiger partial charge is 0.451 e. The van der Waals surface area contributed by atoms with Gasteiger partial charge in [-0.2, -0.15) is 0 Å². The number of fused-ring (bicyclic) bond motifs is 5. The molecule has 0 bridgehead atoms. The average Bonchev–Trinajstić information content (AvgIpc) is 3.49. The van der Waals surface area contributed by atoms with E-state index in [1.54, 1.807) is 6.20 Å². The summed E-state index contributed by atoms with van der Waals surface area (Å²) in [4.78, 5) is 45.2.